The lowest BCUT2D eigenvalue weighted by molar-refractivity contribution is -0.327. The average Bonchev–Trinajstić information content (AvgIpc) is 3.04. The standard InChI is InChI=1S/C35H56O12/c1-5-6-7-8-9-12-30(38)46-33-25(22-31(39)41-4)21-27-23-28(24-36)44-29(37)13-10-11-18-42-19-15-26-16-20-43-32(45-26)14-17-34(2,3)35(33,40)47-27/h14,17,22,26-28,32-33,36,40H,5-13,15-16,18-21,23-24H2,1-4H3/t26-,27+,28-,32+,33+,35-/m1/s1. The number of hydrogen-bond donors (Lipinski definition) is 2. The molecular formula is C35H56O12. The number of rotatable bonds is 9. The van der Waals surface area contributed by atoms with Gasteiger partial charge in [-0.05, 0) is 50.2 Å². The van der Waals surface area contributed by atoms with Crippen molar-refractivity contribution in [2.24, 2.45) is 5.41 Å². The molecule has 0 aromatic carbocycles. The molecule has 268 valence electrons. The van der Waals surface area contributed by atoms with Crippen molar-refractivity contribution in [2.45, 2.75) is 141 Å². The highest BCUT2D eigenvalue weighted by Crippen LogP contribution is 2.46. The van der Waals surface area contributed by atoms with Gasteiger partial charge >= 0.3 is 17.9 Å². The molecule has 3 aliphatic rings. The Hall–Kier alpha value is -2.35. The molecule has 0 spiro atoms. The van der Waals surface area contributed by atoms with Crippen molar-refractivity contribution in [3.63, 3.8) is 0 Å². The largest absolute Gasteiger partial charge is 0.466 e. The zero-order valence-electron chi connectivity index (χ0n) is 28.6. The van der Waals surface area contributed by atoms with Crippen molar-refractivity contribution in [3.8, 4) is 0 Å². The number of hydrogen-bond acceptors (Lipinski definition) is 12. The Labute approximate surface area is 279 Å². The first-order valence-corrected chi connectivity index (χ1v) is 17.2. The molecule has 3 heterocycles. The van der Waals surface area contributed by atoms with E-state index >= 15 is 0 Å². The number of cyclic esters (lactones) is 1. The lowest BCUT2D eigenvalue weighted by Gasteiger charge is -2.51. The van der Waals surface area contributed by atoms with E-state index in [4.69, 9.17) is 33.2 Å². The summed E-state index contributed by atoms with van der Waals surface area (Å²) in [5.41, 5.74) is -0.964. The second-order valence-electron chi connectivity index (χ2n) is 13.2. The highest BCUT2D eigenvalue weighted by Gasteiger charge is 2.57. The van der Waals surface area contributed by atoms with Crippen LogP contribution in [0, 0.1) is 5.41 Å². The number of esters is 3. The first-order valence-electron chi connectivity index (χ1n) is 17.2. The van der Waals surface area contributed by atoms with Crippen LogP contribution in [-0.4, -0.2) is 98.2 Å². The van der Waals surface area contributed by atoms with Crippen LogP contribution in [0.5, 0.6) is 0 Å². The van der Waals surface area contributed by atoms with Crippen LogP contribution in [0.3, 0.4) is 0 Å². The van der Waals surface area contributed by atoms with Crippen LogP contribution in [0.15, 0.2) is 23.8 Å². The predicted molar refractivity (Wildman–Crippen MR) is 171 cm³/mol. The number of ether oxygens (including phenoxy) is 7. The van der Waals surface area contributed by atoms with Gasteiger partial charge in [0.15, 0.2) is 12.4 Å². The quantitative estimate of drug-likeness (QED) is 0.117. The van der Waals surface area contributed by atoms with Gasteiger partial charge in [0, 0.05) is 44.0 Å². The Kier molecular flexibility index (Phi) is 16.3. The molecular weight excluding hydrogens is 612 g/mol. The van der Waals surface area contributed by atoms with Crippen LogP contribution in [0.25, 0.3) is 0 Å². The topological polar surface area (TPSA) is 156 Å². The highest BCUT2D eigenvalue weighted by atomic mass is 16.7. The van der Waals surface area contributed by atoms with Crippen LogP contribution in [-0.2, 0) is 47.5 Å². The van der Waals surface area contributed by atoms with E-state index in [1.807, 2.05) is 0 Å². The minimum Gasteiger partial charge on any atom is -0.466 e. The third-order valence-electron chi connectivity index (χ3n) is 8.91. The third kappa shape index (κ3) is 12.2. The van der Waals surface area contributed by atoms with E-state index in [0.29, 0.717) is 51.9 Å². The van der Waals surface area contributed by atoms with Gasteiger partial charge in [0.2, 0.25) is 5.79 Å². The van der Waals surface area contributed by atoms with Crippen molar-refractivity contribution >= 4 is 17.9 Å². The normalized spacial score (nSPS) is 31.8. The van der Waals surface area contributed by atoms with E-state index in [9.17, 15) is 24.6 Å². The Morgan fingerprint density at radius 1 is 1.06 bits per heavy atom. The molecule has 3 aliphatic heterocycles. The van der Waals surface area contributed by atoms with Gasteiger partial charge < -0.3 is 43.4 Å². The minimum absolute atomic E-state index is 0.0145. The van der Waals surface area contributed by atoms with E-state index in [0.717, 1.165) is 25.7 Å². The molecule has 2 N–H and O–H groups in total. The van der Waals surface area contributed by atoms with E-state index in [1.54, 1.807) is 26.0 Å². The Morgan fingerprint density at radius 3 is 2.57 bits per heavy atom. The van der Waals surface area contributed by atoms with E-state index in [1.165, 1.54) is 13.2 Å². The summed E-state index contributed by atoms with van der Waals surface area (Å²) in [6.07, 6.45) is 8.31. The smallest absolute Gasteiger partial charge is 0.330 e. The molecule has 4 bridgehead atoms. The number of carbonyl (C=O) groups is 3. The second-order valence-corrected chi connectivity index (χ2v) is 13.2. The fourth-order valence-corrected chi connectivity index (χ4v) is 6.02. The third-order valence-corrected chi connectivity index (χ3v) is 8.91. The molecule has 2 fully saturated rings. The molecule has 12 heteroatoms. The zero-order valence-corrected chi connectivity index (χ0v) is 28.6. The molecule has 0 saturated carbocycles. The number of carbonyl (C=O) groups excluding carboxylic acids is 3. The summed E-state index contributed by atoms with van der Waals surface area (Å²) in [7, 11) is 1.23. The first-order chi connectivity index (χ1) is 22.5. The molecule has 12 nitrogen and oxygen atoms in total. The summed E-state index contributed by atoms with van der Waals surface area (Å²) in [5, 5.41) is 22.6. The second kappa shape index (κ2) is 19.6. The summed E-state index contributed by atoms with van der Waals surface area (Å²) in [4.78, 5) is 38.4. The molecule has 2 saturated heterocycles. The molecule has 0 aromatic heterocycles. The minimum atomic E-state index is -2.20. The summed E-state index contributed by atoms with van der Waals surface area (Å²) >= 11 is 0. The van der Waals surface area contributed by atoms with Gasteiger partial charge in [0.05, 0.1) is 32.5 Å². The van der Waals surface area contributed by atoms with Crippen molar-refractivity contribution < 1.29 is 57.8 Å². The molecule has 0 aromatic rings. The van der Waals surface area contributed by atoms with Crippen LogP contribution >= 0.6 is 0 Å². The fourth-order valence-electron chi connectivity index (χ4n) is 6.02. The van der Waals surface area contributed by atoms with Crippen LogP contribution in [0.1, 0.15) is 104 Å². The maximum atomic E-state index is 13.2. The van der Waals surface area contributed by atoms with Gasteiger partial charge in [-0.3, -0.25) is 9.59 Å². The van der Waals surface area contributed by atoms with Crippen molar-refractivity contribution in [2.75, 3.05) is 33.5 Å². The monoisotopic (exact) mass is 668 g/mol. The van der Waals surface area contributed by atoms with Crippen LogP contribution in [0.4, 0.5) is 0 Å². The van der Waals surface area contributed by atoms with Gasteiger partial charge in [-0.25, -0.2) is 4.79 Å². The Morgan fingerprint density at radius 2 is 1.83 bits per heavy atom. The number of aliphatic hydroxyl groups is 2. The fraction of sp³-hybridized carbons (Fsp3) is 0.800. The van der Waals surface area contributed by atoms with Crippen molar-refractivity contribution in [1.29, 1.82) is 0 Å². The van der Waals surface area contributed by atoms with E-state index in [-0.39, 0.29) is 37.4 Å². The highest BCUT2D eigenvalue weighted by molar-refractivity contribution is 5.83. The number of fused-ring (bicyclic) bond motifs is 4. The van der Waals surface area contributed by atoms with Gasteiger partial charge in [-0.1, -0.05) is 52.5 Å². The SMILES string of the molecule is CCCCCCCC(=O)O[C@H]1C(=CC(=O)OC)C[C@H]2C[C@H](CO)OC(=O)CCCCOCC[C@@H]3CCO[C@H](C=CC(C)(C)[C@]1(O)O2)O3. The summed E-state index contributed by atoms with van der Waals surface area (Å²) in [6.45, 7) is 6.57. The summed E-state index contributed by atoms with van der Waals surface area (Å²) in [5.74, 6) is -3.89. The zero-order chi connectivity index (χ0) is 34.3. The lowest BCUT2D eigenvalue weighted by Crippen LogP contribution is -2.62. The van der Waals surface area contributed by atoms with E-state index in [2.05, 4.69) is 6.92 Å². The van der Waals surface area contributed by atoms with Gasteiger partial charge in [0.25, 0.3) is 0 Å². The van der Waals surface area contributed by atoms with Crippen molar-refractivity contribution in [1.82, 2.24) is 0 Å². The molecule has 47 heavy (non-hydrogen) atoms. The first kappa shape index (κ1) is 39.1. The van der Waals surface area contributed by atoms with Gasteiger partial charge in [-0.2, -0.15) is 0 Å². The molecule has 0 radical (unpaired) electrons. The lowest BCUT2D eigenvalue weighted by atomic mass is 9.74. The Bertz CT molecular complexity index is 1060. The molecule has 0 unspecified atom stereocenters. The maximum Gasteiger partial charge on any atom is 0.330 e. The molecule has 0 aliphatic carbocycles. The van der Waals surface area contributed by atoms with Gasteiger partial charge in [0.1, 0.15) is 6.10 Å². The molecule has 3 rings (SSSR count). The number of methoxy groups -OCH3 is 1. The van der Waals surface area contributed by atoms with Crippen molar-refractivity contribution in [3.05, 3.63) is 23.8 Å². The summed E-state index contributed by atoms with van der Waals surface area (Å²) in [6, 6.07) is 0. The predicted octanol–water partition coefficient (Wildman–Crippen LogP) is 4.43. The molecule has 6 atom stereocenters. The average molecular weight is 669 g/mol. The summed E-state index contributed by atoms with van der Waals surface area (Å²) < 4.78 is 40.6. The molecule has 0 amide bonds. The van der Waals surface area contributed by atoms with E-state index < -0.39 is 60.3 Å². The van der Waals surface area contributed by atoms with Gasteiger partial charge in [-0.15, -0.1) is 0 Å². The Balaban J connectivity index is 1.98. The number of aliphatic hydroxyl groups excluding tert-OH is 1. The van der Waals surface area contributed by atoms with Crippen LogP contribution < -0.4 is 0 Å². The maximum absolute atomic E-state index is 13.2. The van der Waals surface area contributed by atoms with Crippen LogP contribution in [0.2, 0.25) is 0 Å². The number of unbranched alkanes of at least 4 members (excludes halogenated alkanes) is 4.